The molecule has 31 heavy (non-hydrogen) atoms. The zero-order valence-corrected chi connectivity index (χ0v) is 17.4. The van der Waals surface area contributed by atoms with Crippen molar-refractivity contribution in [2.75, 3.05) is 6.61 Å². The molecule has 0 saturated heterocycles. The predicted molar refractivity (Wildman–Crippen MR) is 120 cm³/mol. The monoisotopic (exact) mass is 413 g/mol. The van der Waals surface area contributed by atoms with E-state index in [1.54, 1.807) is 19.9 Å². The van der Waals surface area contributed by atoms with Gasteiger partial charge in [0.2, 0.25) is 0 Å². The second-order valence-corrected chi connectivity index (χ2v) is 7.09. The van der Waals surface area contributed by atoms with Gasteiger partial charge in [0.1, 0.15) is 12.5 Å². The Kier molecular flexibility index (Phi) is 7.18. The van der Waals surface area contributed by atoms with Gasteiger partial charge in [-0.05, 0) is 37.6 Å². The minimum absolute atomic E-state index is 0.0593. The molecule has 5 heteroatoms. The van der Waals surface area contributed by atoms with Crippen LogP contribution in [0.5, 0.6) is 0 Å². The summed E-state index contributed by atoms with van der Waals surface area (Å²) in [6.45, 7) is 3.38. The minimum Gasteiger partial charge on any atom is -0.481 e. The molecular weight excluding hydrogens is 390 g/mol. The molecule has 1 aliphatic rings. The lowest BCUT2D eigenvalue weighted by Crippen LogP contribution is -2.36. The zero-order chi connectivity index (χ0) is 22.2. The molecule has 0 fully saturated rings. The first-order valence-corrected chi connectivity index (χ1v) is 9.91. The summed E-state index contributed by atoms with van der Waals surface area (Å²) in [6, 6.07) is 18.9. The molecule has 0 spiro atoms. The van der Waals surface area contributed by atoms with Crippen molar-refractivity contribution < 1.29 is 19.4 Å². The van der Waals surface area contributed by atoms with E-state index in [1.807, 2.05) is 66.7 Å². The molecule has 156 valence electrons. The first-order chi connectivity index (χ1) is 15.0. The number of carboxylic acid groups (broad SMARTS) is 1. The third-order valence-electron chi connectivity index (χ3n) is 4.88. The Balaban J connectivity index is 1.84. The molecule has 1 heterocycles. The van der Waals surface area contributed by atoms with Crippen molar-refractivity contribution in [2.24, 2.45) is 16.8 Å². The fourth-order valence-electron chi connectivity index (χ4n) is 3.41. The number of rotatable bonds is 5. The zero-order valence-electron chi connectivity index (χ0n) is 17.4. The topological polar surface area (TPSA) is 76.0 Å². The smallest absolute Gasteiger partial charge is 0.337 e. The highest BCUT2D eigenvalue weighted by molar-refractivity contribution is 6.05. The predicted octanol–water partition coefficient (Wildman–Crippen LogP) is 4.36. The van der Waals surface area contributed by atoms with E-state index in [-0.39, 0.29) is 12.2 Å². The van der Waals surface area contributed by atoms with Gasteiger partial charge in [0.15, 0.2) is 0 Å². The maximum absolute atomic E-state index is 12.9. The Labute approximate surface area is 181 Å². The van der Waals surface area contributed by atoms with Crippen LogP contribution < -0.4 is 0 Å². The van der Waals surface area contributed by atoms with E-state index in [9.17, 15) is 14.7 Å². The number of benzene rings is 2. The van der Waals surface area contributed by atoms with E-state index in [0.29, 0.717) is 11.4 Å². The summed E-state index contributed by atoms with van der Waals surface area (Å²) in [7, 11) is 0. The molecule has 0 amide bonds. The number of ether oxygens (including phenoxy) is 1. The Hall–Kier alpha value is -3.91. The van der Waals surface area contributed by atoms with Crippen LogP contribution in [-0.4, -0.2) is 29.4 Å². The van der Waals surface area contributed by atoms with Gasteiger partial charge >= 0.3 is 11.9 Å². The van der Waals surface area contributed by atoms with Gasteiger partial charge in [0.25, 0.3) is 0 Å². The molecule has 2 aromatic rings. The summed E-state index contributed by atoms with van der Waals surface area (Å²) in [5.41, 5.74) is 2.76. The van der Waals surface area contributed by atoms with Crippen LogP contribution in [0.2, 0.25) is 0 Å². The average Bonchev–Trinajstić information content (AvgIpc) is 2.76. The van der Waals surface area contributed by atoms with Gasteiger partial charge in [-0.3, -0.25) is 9.79 Å². The number of hydrogen-bond donors (Lipinski definition) is 1. The molecular formula is C26H23NO4. The number of aliphatic carboxylic acids is 1. The molecule has 0 aliphatic carbocycles. The number of nitrogens with zero attached hydrogens (tertiary/aromatic N) is 1. The van der Waals surface area contributed by atoms with Crippen molar-refractivity contribution in [3.63, 3.8) is 0 Å². The summed E-state index contributed by atoms with van der Waals surface area (Å²) in [6.07, 6.45) is 3.59. The minimum atomic E-state index is -1.07. The molecule has 0 aromatic heterocycles. The third kappa shape index (κ3) is 5.58. The van der Waals surface area contributed by atoms with E-state index < -0.39 is 23.8 Å². The largest absolute Gasteiger partial charge is 0.481 e. The fourth-order valence-corrected chi connectivity index (χ4v) is 3.41. The van der Waals surface area contributed by atoms with Crippen LogP contribution in [0.4, 0.5) is 0 Å². The van der Waals surface area contributed by atoms with Crippen molar-refractivity contribution in [1.82, 2.24) is 0 Å². The highest BCUT2D eigenvalue weighted by Crippen LogP contribution is 2.31. The summed E-state index contributed by atoms with van der Waals surface area (Å²) >= 11 is 0. The number of hydrogen-bond acceptors (Lipinski definition) is 4. The first kappa shape index (κ1) is 21.8. The molecule has 1 aliphatic heterocycles. The highest BCUT2D eigenvalue weighted by atomic mass is 16.5. The van der Waals surface area contributed by atoms with Gasteiger partial charge in [-0.1, -0.05) is 66.4 Å². The van der Waals surface area contributed by atoms with Crippen molar-refractivity contribution in [3.05, 3.63) is 89.1 Å². The standard InChI is InChI=1S/C26H23NO4/c1-18-23(25(28)29)22(16-15-21-12-7-4-8-13-21)24(19(2)27-18)26(30)31-17-9-14-20-10-5-3-6-11-20/h3-14,22-23H,17H2,1-2H3,(H,28,29). The lowest BCUT2D eigenvalue weighted by Gasteiger charge is -2.26. The molecule has 1 N–H and O–H groups in total. The maximum Gasteiger partial charge on any atom is 0.337 e. The quantitative estimate of drug-likeness (QED) is 0.584. The van der Waals surface area contributed by atoms with Gasteiger partial charge in [0.05, 0.1) is 11.5 Å². The molecule has 5 nitrogen and oxygen atoms in total. The second-order valence-electron chi connectivity index (χ2n) is 7.09. The lowest BCUT2D eigenvalue weighted by molar-refractivity contribution is -0.141. The molecule has 0 radical (unpaired) electrons. The number of aliphatic imine (C=N–C) groups is 1. The summed E-state index contributed by atoms with van der Waals surface area (Å²) in [5, 5.41) is 9.77. The number of allylic oxidation sites excluding steroid dienone is 1. The van der Waals surface area contributed by atoms with E-state index >= 15 is 0 Å². The Morgan fingerprint density at radius 3 is 2.35 bits per heavy atom. The number of carboxylic acids is 1. The lowest BCUT2D eigenvalue weighted by atomic mass is 9.80. The fraction of sp³-hybridized carbons (Fsp3) is 0.192. The summed E-state index contributed by atoms with van der Waals surface area (Å²) in [4.78, 5) is 29.1. The SMILES string of the molecule is CC1=NC(C)=C(C(=O)OCC=Cc2ccccc2)C(C#Cc2ccccc2)C1C(=O)O. The van der Waals surface area contributed by atoms with E-state index in [2.05, 4.69) is 16.8 Å². The Morgan fingerprint density at radius 1 is 1.06 bits per heavy atom. The van der Waals surface area contributed by atoms with Crippen LogP contribution in [0.3, 0.4) is 0 Å². The number of carbonyl (C=O) groups is 2. The number of carbonyl (C=O) groups excluding carboxylic acids is 1. The van der Waals surface area contributed by atoms with Crippen LogP contribution in [-0.2, 0) is 14.3 Å². The molecule has 2 atom stereocenters. The third-order valence-corrected chi connectivity index (χ3v) is 4.88. The maximum atomic E-state index is 12.9. The second kappa shape index (κ2) is 10.2. The van der Waals surface area contributed by atoms with Crippen LogP contribution in [0.25, 0.3) is 6.08 Å². The van der Waals surface area contributed by atoms with Gasteiger partial charge in [-0.2, -0.15) is 0 Å². The van der Waals surface area contributed by atoms with E-state index in [4.69, 9.17) is 4.74 Å². The Morgan fingerprint density at radius 2 is 1.71 bits per heavy atom. The van der Waals surface area contributed by atoms with Crippen LogP contribution in [0.15, 0.2) is 83.0 Å². The van der Waals surface area contributed by atoms with Crippen molar-refractivity contribution in [3.8, 4) is 11.8 Å². The summed E-state index contributed by atoms with van der Waals surface area (Å²) < 4.78 is 5.41. The molecule has 2 aromatic carbocycles. The van der Waals surface area contributed by atoms with Crippen molar-refractivity contribution in [2.45, 2.75) is 13.8 Å². The van der Waals surface area contributed by atoms with Crippen LogP contribution in [0.1, 0.15) is 25.0 Å². The van der Waals surface area contributed by atoms with E-state index in [0.717, 1.165) is 11.1 Å². The van der Waals surface area contributed by atoms with Gasteiger partial charge in [-0.25, -0.2) is 4.79 Å². The van der Waals surface area contributed by atoms with Gasteiger partial charge < -0.3 is 9.84 Å². The van der Waals surface area contributed by atoms with Gasteiger partial charge in [-0.15, -0.1) is 0 Å². The number of esters is 1. The van der Waals surface area contributed by atoms with Crippen molar-refractivity contribution in [1.29, 1.82) is 0 Å². The molecule has 0 saturated carbocycles. The van der Waals surface area contributed by atoms with Crippen LogP contribution in [0, 0.1) is 23.7 Å². The average molecular weight is 413 g/mol. The normalized spacial score (nSPS) is 18.2. The first-order valence-electron chi connectivity index (χ1n) is 9.91. The molecule has 0 bridgehead atoms. The van der Waals surface area contributed by atoms with E-state index in [1.165, 1.54) is 0 Å². The molecule has 3 rings (SSSR count). The molecule has 2 unspecified atom stereocenters. The Bertz CT molecular complexity index is 1100. The van der Waals surface area contributed by atoms with Crippen LogP contribution >= 0.6 is 0 Å². The van der Waals surface area contributed by atoms with Crippen molar-refractivity contribution >= 4 is 23.7 Å². The summed E-state index contributed by atoms with van der Waals surface area (Å²) in [5.74, 6) is 2.44. The highest BCUT2D eigenvalue weighted by Gasteiger charge is 2.39. The van der Waals surface area contributed by atoms with Gasteiger partial charge in [0, 0.05) is 17.0 Å².